The molecule has 0 radical (unpaired) electrons. The third-order valence-corrected chi connectivity index (χ3v) is 3.63. The van der Waals surface area contributed by atoms with E-state index in [1.54, 1.807) is 0 Å². The van der Waals surface area contributed by atoms with Crippen molar-refractivity contribution < 1.29 is 4.74 Å². The number of rotatable bonds is 4. The van der Waals surface area contributed by atoms with Gasteiger partial charge in [-0.1, -0.05) is 0 Å². The Bertz CT molecular complexity index is 418. The number of hydrogen-bond acceptors (Lipinski definition) is 4. The maximum Gasteiger partial charge on any atom is 0.159 e. The first-order valence-electron chi connectivity index (χ1n) is 6.76. The van der Waals surface area contributed by atoms with Crippen molar-refractivity contribution in [3.8, 4) is 0 Å². The highest BCUT2D eigenvalue weighted by Gasteiger charge is 2.27. The second-order valence-electron chi connectivity index (χ2n) is 5.45. The summed E-state index contributed by atoms with van der Waals surface area (Å²) < 4.78 is 5.70. The Hall–Kier alpha value is -1.00. The zero-order valence-electron chi connectivity index (χ0n) is 11.6. The fraction of sp³-hybridized carbons (Fsp3) is 0.714. The molecule has 2 rings (SSSR count). The maximum atomic E-state index is 5.74. The van der Waals surface area contributed by atoms with Gasteiger partial charge < -0.3 is 10.5 Å². The lowest BCUT2D eigenvalue weighted by Gasteiger charge is -2.26. The van der Waals surface area contributed by atoms with Gasteiger partial charge in [-0.3, -0.25) is 0 Å². The molecule has 1 aromatic heterocycles. The van der Waals surface area contributed by atoms with Gasteiger partial charge in [-0.2, -0.15) is 0 Å². The molecule has 0 aliphatic heterocycles. The lowest BCUT2D eigenvalue weighted by Crippen LogP contribution is -2.28. The van der Waals surface area contributed by atoms with Crippen molar-refractivity contribution in [3.05, 3.63) is 23.3 Å². The average molecular weight is 249 g/mol. The molecule has 1 aromatic rings. The van der Waals surface area contributed by atoms with Gasteiger partial charge in [0.25, 0.3) is 0 Å². The molecule has 0 saturated heterocycles. The number of hydrogen-bond donors (Lipinski definition) is 1. The molecule has 0 aromatic carbocycles. The molecule has 100 valence electrons. The van der Waals surface area contributed by atoms with Crippen molar-refractivity contribution in [3.63, 3.8) is 0 Å². The molecular weight excluding hydrogens is 226 g/mol. The molecule has 0 spiro atoms. The van der Waals surface area contributed by atoms with Crippen LogP contribution in [0, 0.1) is 5.92 Å². The highest BCUT2D eigenvalue weighted by Crippen LogP contribution is 2.26. The van der Waals surface area contributed by atoms with E-state index in [2.05, 4.69) is 4.98 Å². The van der Waals surface area contributed by atoms with E-state index in [0.29, 0.717) is 12.5 Å². The molecule has 0 fully saturated rings. The van der Waals surface area contributed by atoms with E-state index >= 15 is 0 Å². The number of aromatic nitrogens is 2. The number of nitrogens with two attached hydrogens (primary N) is 1. The van der Waals surface area contributed by atoms with Crippen LogP contribution in [-0.2, 0) is 23.2 Å². The van der Waals surface area contributed by atoms with E-state index in [-0.39, 0.29) is 0 Å². The van der Waals surface area contributed by atoms with Gasteiger partial charge in [-0.05, 0) is 58.1 Å². The molecule has 1 heterocycles. The van der Waals surface area contributed by atoms with Gasteiger partial charge in [0.15, 0.2) is 5.82 Å². The molecule has 1 unspecified atom stereocenters. The van der Waals surface area contributed by atoms with Crippen LogP contribution in [0.25, 0.3) is 0 Å². The third-order valence-electron chi connectivity index (χ3n) is 3.63. The van der Waals surface area contributed by atoms with Crippen molar-refractivity contribution in [2.24, 2.45) is 11.7 Å². The molecular formula is C14H23N3O. The molecule has 4 nitrogen and oxygen atoms in total. The van der Waals surface area contributed by atoms with E-state index in [0.717, 1.165) is 31.6 Å². The SMILES string of the molecule is CCOC(C)(C)c1ncc2c(n1)CCC(CN)C2. The number of aryl methyl sites for hydroxylation is 1. The van der Waals surface area contributed by atoms with Crippen molar-refractivity contribution in [1.82, 2.24) is 9.97 Å². The summed E-state index contributed by atoms with van der Waals surface area (Å²) in [5.41, 5.74) is 7.77. The zero-order chi connectivity index (χ0) is 13.2. The Morgan fingerprint density at radius 3 is 2.94 bits per heavy atom. The van der Waals surface area contributed by atoms with Crippen LogP contribution in [0.4, 0.5) is 0 Å². The van der Waals surface area contributed by atoms with Crippen LogP contribution in [0.2, 0.25) is 0 Å². The molecule has 0 bridgehead atoms. The Morgan fingerprint density at radius 2 is 2.28 bits per heavy atom. The van der Waals surface area contributed by atoms with Gasteiger partial charge >= 0.3 is 0 Å². The summed E-state index contributed by atoms with van der Waals surface area (Å²) in [4.78, 5) is 9.17. The monoisotopic (exact) mass is 249 g/mol. The van der Waals surface area contributed by atoms with Crippen LogP contribution in [0.1, 0.15) is 44.3 Å². The topological polar surface area (TPSA) is 61.0 Å². The predicted octanol–water partition coefficient (Wildman–Crippen LogP) is 1.81. The minimum Gasteiger partial charge on any atom is -0.368 e. The first-order valence-corrected chi connectivity index (χ1v) is 6.76. The first kappa shape index (κ1) is 13.4. The van der Waals surface area contributed by atoms with Crippen LogP contribution in [0.3, 0.4) is 0 Å². The highest BCUT2D eigenvalue weighted by molar-refractivity contribution is 5.22. The largest absolute Gasteiger partial charge is 0.368 e. The smallest absolute Gasteiger partial charge is 0.159 e. The van der Waals surface area contributed by atoms with Crippen molar-refractivity contribution in [2.75, 3.05) is 13.2 Å². The van der Waals surface area contributed by atoms with Crippen LogP contribution in [0.15, 0.2) is 6.20 Å². The molecule has 1 aliphatic carbocycles. The maximum absolute atomic E-state index is 5.74. The number of nitrogens with zero attached hydrogens (tertiary/aromatic N) is 2. The fourth-order valence-corrected chi connectivity index (χ4v) is 2.50. The van der Waals surface area contributed by atoms with E-state index in [9.17, 15) is 0 Å². The Balaban J connectivity index is 2.23. The summed E-state index contributed by atoms with van der Waals surface area (Å²) in [5.74, 6) is 1.38. The van der Waals surface area contributed by atoms with E-state index in [1.807, 2.05) is 27.0 Å². The van der Waals surface area contributed by atoms with Crippen molar-refractivity contribution >= 4 is 0 Å². The first-order chi connectivity index (χ1) is 8.56. The normalized spacial score (nSPS) is 19.7. The highest BCUT2D eigenvalue weighted by atomic mass is 16.5. The van der Waals surface area contributed by atoms with E-state index in [4.69, 9.17) is 15.5 Å². The number of ether oxygens (including phenoxy) is 1. The molecule has 2 N–H and O–H groups in total. The summed E-state index contributed by atoms with van der Waals surface area (Å²) in [5, 5.41) is 0. The molecule has 0 saturated carbocycles. The Kier molecular flexibility index (Phi) is 3.97. The van der Waals surface area contributed by atoms with E-state index in [1.165, 1.54) is 11.3 Å². The van der Waals surface area contributed by atoms with Gasteiger partial charge in [-0.25, -0.2) is 9.97 Å². The average Bonchev–Trinajstić information content (AvgIpc) is 2.37. The minimum absolute atomic E-state index is 0.408. The second kappa shape index (κ2) is 5.33. The molecule has 4 heteroatoms. The van der Waals surface area contributed by atoms with Crippen molar-refractivity contribution in [2.45, 2.75) is 45.6 Å². The quantitative estimate of drug-likeness (QED) is 0.884. The zero-order valence-corrected chi connectivity index (χ0v) is 11.6. The lowest BCUT2D eigenvalue weighted by molar-refractivity contribution is -0.0210. The Morgan fingerprint density at radius 1 is 1.50 bits per heavy atom. The van der Waals surface area contributed by atoms with Crippen LogP contribution in [0.5, 0.6) is 0 Å². The summed E-state index contributed by atoms with van der Waals surface area (Å²) >= 11 is 0. The van der Waals surface area contributed by atoms with Gasteiger partial charge in [0.05, 0.1) is 0 Å². The summed E-state index contributed by atoms with van der Waals surface area (Å²) in [6.45, 7) is 7.45. The number of fused-ring (bicyclic) bond motifs is 1. The molecule has 1 aliphatic rings. The van der Waals surface area contributed by atoms with E-state index < -0.39 is 5.60 Å². The summed E-state index contributed by atoms with van der Waals surface area (Å²) in [7, 11) is 0. The lowest BCUT2D eigenvalue weighted by atomic mass is 9.87. The van der Waals surface area contributed by atoms with Gasteiger partial charge in [0, 0.05) is 18.5 Å². The van der Waals surface area contributed by atoms with Crippen LogP contribution < -0.4 is 5.73 Å². The van der Waals surface area contributed by atoms with Crippen LogP contribution in [-0.4, -0.2) is 23.1 Å². The van der Waals surface area contributed by atoms with Crippen LogP contribution >= 0.6 is 0 Å². The predicted molar refractivity (Wildman–Crippen MR) is 71.3 cm³/mol. The van der Waals surface area contributed by atoms with Crippen molar-refractivity contribution in [1.29, 1.82) is 0 Å². The Labute approximate surface area is 109 Å². The second-order valence-corrected chi connectivity index (χ2v) is 5.45. The minimum atomic E-state index is -0.408. The standard InChI is InChI=1S/C14H23N3O/c1-4-18-14(2,3)13-16-9-11-7-10(8-15)5-6-12(11)17-13/h9-10H,4-8,15H2,1-3H3. The summed E-state index contributed by atoms with van der Waals surface area (Å²) in [6, 6.07) is 0. The summed E-state index contributed by atoms with van der Waals surface area (Å²) in [6.07, 6.45) is 5.12. The molecule has 18 heavy (non-hydrogen) atoms. The molecule has 1 atom stereocenters. The third kappa shape index (κ3) is 2.70. The van der Waals surface area contributed by atoms with Gasteiger partial charge in [0.1, 0.15) is 5.60 Å². The fourth-order valence-electron chi connectivity index (χ4n) is 2.50. The van der Waals surface area contributed by atoms with Gasteiger partial charge in [-0.15, -0.1) is 0 Å². The van der Waals surface area contributed by atoms with Gasteiger partial charge in [0.2, 0.25) is 0 Å². The molecule has 0 amide bonds.